The van der Waals surface area contributed by atoms with Crippen molar-refractivity contribution in [2.45, 2.75) is 31.1 Å². The fourth-order valence-electron chi connectivity index (χ4n) is 3.68. The molecule has 26 heavy (non-hydrogen) atoms. The third-order valence-corrected chi connectivity index (χ3v) is 6.93. The second-order valence-electron chi connectivity index (χ2n) is 7.54. The third kappa shape index (κ3) is 3.21. The van der Waals surface area contributed by atoms with Gasteiger partial charge in [-0.2, -0.15) is 0 Å². The number of nitrogens with zero attached hydrogens (tertiary/aromatic N) is 3. The van der Waals surface area contributed by atoms with E-state index in [4.69, 9.17) is 4.98 Å². The van der Waals surface area contributed by atoms with Crippen LogP contribution >= 0.6 is 23.1 Å². The first-order chi connectivity index (χ1) is 12.5. The highest BCUT2D eigenvalue weighted by Gasteiger charge is 2.30. The zero-order valence-corrected chi connectivity index (χ0v) is 17.1. The number of benzene rings is 1. The van der Waals surface area contributed by atoms with Crippen molar-refractivity contribution < 1.29 is 4.48 Å². The van der Waals surface area contributed by atoms with Gasteiger partial charge in [0.25, 0.3) is 5.56 Å². The van der Waals surface area contributed by atoms with Gasteiger partial charge in [-0.3, -0.25) is 9.36 Å². The molecule has 0 aliphatic carbocycles. The fourth-order valence-corrected chi connectivity index (χ4v) is 5.73. The lowest BCUT2D eigenvalue weighted by Crippen LogP contribution is -2.43. The Hall–Kier alpha value is -1.63. The van der Waals surface area contributed by atoms with Crippen LogP contribution in [0.3, 0.4) is 0 Å². The zero-order valence-electron chi connectivity index (χ0n) is 15.5. The Kier molecular flexibility index (Phi) is 4.67. The molecule has 0 fully saturated rings. The summed E-state index contributed by atoms with van der Waals surface area (Å²) >= 11 is 3.28. The van der Waals surface area contributed by atoms with Crippen molar-refractivity contribution in [2.75, 3.05) is 26.9 Å². The molecule has 0 radical (unpaired) electrons. The fraction of sp³-hybridized carbons (Fsp3) is 0.400. The first-order valence-electron chi connectivity index (χ1n) is 8.93. The van der Waals surface area contributed by atoms with Gasteiger partial charge in [0.2, 0.25) is 0 Å². The van der Waals surface area contributed by atoms with Gasteiger partial charge in [0, 0.05) is 13.0 Å². The molecule has 2 aromatic heterocycles. The average molecular weight is 387 g/mol. The van der Waals surface area contributed by atoms with E-state index in [9.17, 15) is 4.79 Å². The van der Waals surface area contributed by atoms with Crippen LogP contribution in [0.5, 0.6) is 0 Å². The maximum Gasteiger partial charge on any atom is 0.263 e. The minimum Gasteiger partial charge on any atom is -0.324 e. The number of rotatable bonds is 4. The Morgan fingerprint density at radius 2 is 2.04 bits per heavy atom. The molecule has 0 spiro atoms. The van der Waals surface area contributed by atoms with E-state index in [0.717, 1.165) is 45.8 Å². The van der Waals surface area contributed by atoms with E-state index in [1.165, 1.54) is 16.0 Å². The molecule has 0 unspecified atom stereocenters. The van der Waals surface area contributed by atoms with Crippen molar-refractivity contribution in [1.82, 2.24) is 9.55 Å². The molecule has 3 heterocycles. The van der Waals surface area contributed by atoms with Gasteiger partial charge in [-0.1, -0.05) is 42.1 Å². The lowest BCUT2D eigenvalue weighted by Gasteiger charge is -2.33. The van der Waals surface area contributed by atoms with Crippen LogP contribution in [-0.2, 0) is 25.9 Å². The molecule has 0 N–H and O–H groups in total. The van der Waals surface area contributed by atoms with Crippen molar-refractivity contribution >= 4 is 33.3 Å². The number of aromatic nitrogens is 2. The third-order valence-electron chi connectivity index (χ3n) is 5.15. The number of thiophene rings is 1. The number of thioether (sulfide) groups is 1. The molecule has 0 amide bonds. The number of aryl methyl sites for hydroxylation is 1. The Bertz CT molecular complexity index is 1010. The van der Waals surface area contributed by atoms with E-state index in [1.807, 2.05) is 29.0 Å². The molecule has 1 aliphatic rings. The second kappa shape index (κ2) is 6.83. The summed E-state index contributed by atoms with van der Waals surface area (Å²) in [5.74, 6) is 0. The molecule has 3 aromatic rings. The van der Waals surface area contributed by atoms with Crippen LogP contribution in [0.15, 0.2) is 40.3 Å². The van der Waals surface area contributed by atoms with Crippen LogP contribution in [0.2, 0.25) is 0 Å². The van der Waals surface area contributed by atoms with Crippen molar-refractivity contribution in [3.63, 3.8) is 0 Å². The van der Waals surface area contributed by atoms with Gasteiger partial charge in [-0.25, -0.2) is 4.98 Å². The topological polar surface area (TPSA) is 34.9 Å². The summed E-state index contributed by atoms with van der Waals surface area (Å²) in [6.45, 7) is 2.75. The van der Waals surface area contributed by atoms with Gasteiger partial charge in [0.1, 0.15) is 11.4 Å². The number of hydrogen-bond acceptors (Lipinski definition) is 4. The van der Waals surface area contributed by atoms with Crippen molar-refractivity contribution in [3.8, 4) is 0 Å². The maximum absolute atomic E-state index is 13.3. The minimum absolute atomic E-state index is 0.139. The molecule has 1 aromatic carbocycles. The van der Waals surface area contributed by atoms with Crippen molar-refractivity contribution in [2.24, 2.45) is 0 Å². The molecular weight excluding hydrogens is 362 g/mol. The van der Waals surface area contributed by atoms with E-state index in [1.54, 1.807) is 23.1 Å². The molecule has 0 bridgehead atoms. The standard InChI is InChI=1S/C20H24N3OS2/c1-23(2)12-10-15-16(13-23)26-18-17(15)19(24)22(20(21-18)25-3)11-9-14-7-5-4-6-8-14/h4-8H,9-13H2,1-3H3/q+1. The second-order valence-corrected chi connectivity index (χ2v) is 9.40. The largest absolute Gasteiger partial charge is 0.324 e. The first-order valence-corrected chi connectivity index (χ1v) is 11.0. The van der Waals surface area contributed by atoms with E-state index in [0.29, 0.717) is 6.54 Å². The monoisotopic (exact) mass is 386 g/mol. The molecule has 4 rings (SSSR count). The zero-order chi connectivity index (χ0) is 18.3. The Labute approximate surface area is 162 Å². The van der Waals surface area contributed by atoms with Gasteiger partial charge in [-0.05, 0) is 23.8 Å². The van der Waals surface area contributed by atoms with Gasteiger partial charge in [0.05, 0.1) is 30.9 Å². The summed E-state index contributed by atoms with van der Waals surface area (Å²) in [6, 6.07) is 10.3. The van der Waals surface area contributed by atoms with Gasteiger partial charge in [-0.15, -0.1) is 11.3 Å². The van der Waals surface area contributed by atoms with Gasteiger partial charge < -0.3 is 4.48 Å². The van der Waals surface area contributed by atoms with Crippen LogP contribution in [0.4, 0.5) is 0 Å². The smallest absolute Gasteiger partial charge is 0.263 e. The molecule has 0 saturated heterocycles. The summed E-state index contributed by atoms with van der Waals surface area (Å²) in [6.07, 6.45) is 3.81. The lowest BCUT2D eigenvalue weighted by molar-refractivity contribution is -0.905. The van der Waals surface area contributed by atoms with Gasteiger partial charge in [0.15, 0.2) is 5.16 Å². The lowest BCUT2D eigenvalue weighted by atomic mass is 10.0. The van der Waals surface area contributed by atoms with E-state index < -0.39 is 0 Å². The molecule has 0 atom stereocenters. The van der Waals surface area contributed by atoms with E-state index in [2.05, 4.69) is 26.2 Å². The number of hydrogen-bond donors (Lipinski definition) is 0. The summed E-state index contributed by atoms with van der Waals surface area (Å²) in [7, 11) is 4.51. The number of likely N-dealkylation sites (N-methyl/N-ethyl adjacent to an activating group) is 1. The quantitative estimate of drug-likeness (QED) is 0.391. The summed E-state index contributed by atoms with van der Waals surface area (Å²) in [5, 5.41) is 1.70. The van der Waals surface area contributed by atoms with Crippen LogP contribution in [0.1, 0.15) is 16.0 Å². The average Bonchev–Trinajstić information content (AvgIpc) is 2.97. The Morgan fingerprint density at radius 3 is 2.77 bits per heavy atom. The minimum atomic E-state index is 0.139. The predicted molar refractivity (Wildman–Crippen MR) is 110 cm³/mol. The van der Waals surface area contributed by atoms with Crippen LogP contribution in [-0.4, -0.2) is 40.9 Å². The van der Waals surface area contributed by atoms with Crippen molar-refractivity contribution in [3.05, 3.63) is 56.7 Å². The highest BCUT2D eigenvalue weighted by Crippen LogP contribution is 2.34. The Balaban J connectivity index is 1.78. The molecular formula is C20H24N3OS2+. The Morgan fingerprint density at radius 1 is 1.27 bits per heavy atom. The summed E-state index contributed by atoms with van der Waals surface area (Å²) in [4.78, 5) is 20.5. The molecule has 4 nitrogen and oxygen atoms in total. The van der Waals surface area contributed by atoms with Crippen LogP contribution < -0.4 is 5.56 Å². The normalized spacial score (nSPS) is 16.0. The van der Waals surface area contributed by atoms with Crippen LogP contribution in [0.25, 0.3) is 10.2 Å². The number of fused-ring (bicyclic) bond motifs is 3. The van der Waals surface area contributed by atoms with Crippen molar-refractivity contribution in [1.29, 1.82) is 0 Å². The molecule has 136 valence electrons. The highest BCUT2D eigenvalue weighted by molar-refractivity contribution is 7.98. The van der Waals surface area contributed by atoms with E-state index >= 15 is 0 Å². The highest BCUT2D eigenvalue weighted by atomic mass is 32.2. The predicted octanol–water partition coefficient (Wildman–Crippen LogP) is 3.56. The van der Waals surface area contributed by atoms with Crippen LogP contribution in [0, 0.1) is 0 Å². The van der Waals surface area contributed by atoms with E-state index in [-0.39, 0.29) is 5.56 Å². The summed E-state index contributed by atoms with van der Waals surface area (Å²) < 4.78 is 2.86. The molecule has 1 aliphatic heterocycles. The maximum atomic E-state index is 13.3. The number of quaternary nitrogens is 1. The van der Waals surface area contributed by atoms with Gasteiger partial charge >= 0.3 is 0 Å². The summed E-state index contributed by atoms with van der Waals surface area (Å²) in [5.41, 5.74) is 2.64. The SMILES string of the molecule is CSc1nc2sc3c(c2c(=O)n1CCc1ccccc1)CC[N+](C)(C)C3. The molecule has 6 heteroatoms. The molecule has 0 saturated carbocycles. The first kappa shape index (κ1) is 17.8.